The first-order valence-electron chi connectivity index (χ1n) is 5.28. The average molecular weight is 241 g/mol. The molecule has 0 spiro atoms. The molecule has 0 aliphatic heterocycles. The number of hydrogen-bond donors (Lipinski definition) is 1. The SMILES string of the molecule is CCC(NC(=O)N(C)C)c1ccc(Cl)cc1. The minimum absolute atomic E-state index is 0.0344. The summed E-state index contributed by atoms with van der Waals surface area (Å²) >= 11 is 5.82. The van der Waals surface area contributed by atoms with E-state index in [-0.39, 0.29) is 12.1 Å². The molecule has 0 saturated carbocycles. The van der Waals surface area contributed by atoms with E-state index in [1.807, 2.05) is 31.2 Å². The molecule has 2 amide bonds. The Balaban J connectivity index is 2.74. The van der Waals surface area contributed by atoms with E-state index in [1.54, 1.807) is 14.1 Å². The van der Waals surface area contributed by atoms with Gasteiger partial charge in [0.2, 0.25) is 0 Å². The third-order valence-corrected chi connectivity index (χ3v) is 2.64. The van der Waals surface area contributed by atoms with Crippen LogP contribution >= 0.6 is 11.6 Å². The van der Waals surface area contributed by atoms with E-state index in [0.29, 0.717) is 5.02 Å². The molecule has 0 bridgehead atoms. The molecular formula is C12H17ClN2O. The number of hydrogen-bond acceptors (Lipinski definition) is 1. The fraction of sp³-hybridized carbons (Fsp3) is 0.417. The Morgan fingerprint density at radius 1 is 1.38 bits per heavy atom. The van der Waals surface area contributed by atoms with Crippen LogP contribution in [0.25, 0.3) is 0 Å². The molecule has 1 rings (SSSR count). The van der Waals surface area contributed by atoms with Crippen molar-refractivity contribution in [1.82, 2.24) is 10.2 Å². The molecule has 88 valence electrons. The van der Waals surface area contributed by atoms with Gasteiger partial charge in [-0.1, -0.05) is 30.7 Å². The summed E-state index contributed by atoms with van der Waals surface area (Å²) in [4.78, 5) is 13.1. The zero-order valence-electron chi connectivity index (χ0n) is 9.83. The number of halogens is 1. The molecule has 0 saturated heterocycles. The number of benzene rings is 1. The Hall–Kier alpha value is -1.22. The topological polar surface area (TPSA) is 32.3 Å². The Bertz CT molecular complexity index is 349. The van der Waals surface area contributed by atoms with Gasteiger partial charge in [-0.25, -0.2) is 4.79 Å². The monoisotopic (exact) mass is 240 g/mol. The smallest absolute Gasteiger partial charge is 0.317 e. The van der Waals surface area contributed by atoms with Gasteiger partial charge in [0.1, 0.15) is 0 Å². The van der Waals surface area contributed by atoms with Crippen LogP contribution in [0.15, 0.2) is 24.3 Å². The molecule has 0 radical (unpaired) electrons. The standard InChI is InChI=1S/C12H17ClN2O/c1-4-11(14-12(16)15(2)3)9-5-7-10(13)8-6-9/h5-8,11H,4H2,1-3H3,(H,14,16). The summed E-state index contributed by atoms with van der Waals surface area (Å²) in [6.07, 6.45) is 0.848. The fourth-order valence-electron chi connectivity index (χ4n) is 1.39. The van der Waals surface area contributed by atoms with Crippen LogP contribution in [0.4, 0.5) is 4.79 Å². The molecule has 1 unspecified atom stereocenters. The van der Waals surface area contributed by atoms with Gasteiger partial charge in [0.05, 0.1) is 6.04 Å². The maximum Gasteiger partial charge on any atom is 0.317 e. The molecule has 0 fully saturated rings. The number of nitrogens with zero attached hydrogens (tertiary/aromatic N) is 1. The second kappa shape index (κ2) is 5.75. The van der Waals surface area contributed by atoms with Gasteiger partial charge in [0.15, 0.2) is 0 Å². The van der Waals surface area contributed by atoms with Gasteiger partial charge in [0, 0.05) is 19.1 Å². The highest BCUT2D eigenvalue weighted by atomic mass is 35.5. The predicted molar refractivity (Wildman–Crippen MR) is 66.7 cm³/mol. The van der Waals surface area contributed by atoms with Gasteiger partial charge in [-0.3, -0.25) is 0 Å². The summed E-state index contributed by atoms with van der Waals surface area (Å²) in [6.45, 7) is 2.04. The minimum Gasteiger partial charge on any atom is -0.331 e. The summed E-state index contributed by atoms with van der Waals surface area (Å²) in [5.41, 5.74) is 1.07. The first-order valence-corrected chi connectivity index (χ1v) is 5.65. The average Bonchev–Trinajstić information content (AvgIpc) is 2.26. The van der Waals surface area contributed by atoms with Crippen molar-refractivity contribution in [1.29, 1.82) is 0 Å². The fourth-order valence-corrected chi connectivity index (χ4v) is 1.52. The molecule has 0 aliphatic carbocycles. The van der Waals surface area contributed by atoms with Crippen molar-refractivity contribution in [2.75, 3.05) is 14.1 Å². The molecule has 1 aromatic carbocycles. The third kappa shape index (κ3) is 3.42. The number of amides is 2. The first-order chi connectivity index (χ1) is 7.54. The molecule has 1 N–H and O–H groups in total. The van der Waals surface area contributed by atoms with E-state index in [9.17, 15) is 4.79 Å². The maximum absolute atomic E-state index is 11.5. The van der Waals surface area contributed by atoms with Crippen molar-refractivity contribution in [2.24, 2.45) is 0 Å². The lowest BCUT2D eigenvalue weighted by Crippen LogP contribution is -2.36. The van der Waals surface area contributed by atoms with Gasteiger partial charge in [0.25, 0.3) is 0 Å². The van der Waals surface area contributed by atoms with Crippen LogP contribution in [0.3, 0.4) is 0 Å². The summed E-state index contributed by atoms with van der Waals surface area (Å²) in [6, 6.07) is 7.50. The lowest BCUT2D eigenvalue weighted by molar-refractivity contribution is 0.213. The number of carbonyl (C=O) groups excluding carboxylic acids is 1. The lowest BCUT2D eigenvalue weighted by atomic mass is 10.1. The highest BCUT2D eigenvalue weighted by Crippen LogP contribution is 2.19. The zero-order valence-corrected chi connectivity index (χ0v) is 10.6. The second-order valence-corrected chi connectivity index (χ2v) is 4.29. The second-order valence-electron chi connectivity index (χ2n) is 3.86. The predicted octanol–water partition coefficient (Wildman–Crippen LogP) is 3.06. The van der Waals surface area contributed by atoms with Crippen molar-refractivity contribution in [3.05, 3.63) is 34.9 Å². The maximum atomic E-state index is 11.5. The van der Waals surface area contributed by atoms with Gasteiger partial charge in [-0.05, 0) is 24.1 Å². The largest absolute Gasteiger partial charge is 0.331 e. The van der Waals surface area contributed by atoms with Gasteiger partial charge < -0.3 is 10.2 Å². The Kier molecular flexibility index (Phi) is 4.62. The number of nitrogens with one attached hydrogen (secondary N) is 1. The molecule has 0 aliphatic rings. The van der Waals surface area contributed by atoms with Crippen LogP contribution in [-0.4, -0.2) is 25.0 Å². The van der Waals surface area contributed by atoms with Crippen LogP contribution in [0.1, 0.15) is 24.9 Å². The van der Waals surface area contributed by atoms with Gasteiger partial charge in [-0.15, -0.1) is 0 Å². The Labute approximate surface area is 101 Å². The van der Waals surface area contributed by atoms with E-state index >= 15 is 0 Å². The highest BCUT2D eigenvalue weighted by molar-refractivity contribution is 6.30. The van der Waals surface area contributed by atoms with Crippen molar-refractivity contribution in [3.63, 3.8) is 0 Å². The van der Waals surface area contributed by atoms with Crippen molar-refractivity contribution < 1.29 is 4.79 Å². The first kappa shape index (κ1) is 12.8. The van der Waals surface area contributed by atoms with Gasteiger partial charge in [-0.2, -0.15) is 0 Å². The number of rotatable bonds is 3. The molecular weight excluding hydrogens is 224 g/mol. The number of carbonyl (C=O) groups is 1. The summed E-state index contributed by atoms with van der Waals surface area (Å²) in [5.74, 6) is 0. The molecule has 0 heterocycles. The van der Waals surface area contributed by atoms with Crippen LogP contribution in [0.5, 0.6) is 0 Å². The molecule has 1 aromatic rings. The molecule has 0 aromatic heterocycles. The van der Waals surface area contributed by atoms with Crippen LogP contribution in [0, 0.1) is 0 Å². The van der Waals surface area contributed by atoms with E-state index < -0.39 is 0 Å². The van der Waals surface area contributed by atoms with Crippen molar-refractivity contribution in [3.8, 4) is 0 Å². The Morgan fingerprint density at radius 2 is 1.94 bits per heavy atom. The molecule has 3 nitrogen and oxygen atoms in total. The number of urea groups is 1. The summed E-state index contributed by atoms with van der Waals surface area (Å²) < 4.78 is 0. The summed E-state index contributed by atoms with van der Waals surface area (Å²) in [5, 5.41) is 3.65. The highest BCUT2D eigenvalue weighted by Gasteiger charge is 2.13. The lowest BCUT2D eigenvalue weighted by Gasteiger charge is -2.20. The minimum atomic E-state index is -0.0817. The molecule has 1 atom stereocenters. The zero-order chi connectivity index (χ0) is 12.1. The van der Waals surface area contributed by atoms with Crippen molar-refractivity contribution in [2.45, 2.75) is 19.4 Å². The third-order valence-electron chi connectivity index (χ3n) is 2.38. The van der Waals surface area contributed by atoms with E-state index in [1.165, 1.54) is 4.90 Å². The summed E-state index contributed by atoms with van der Waals surface area (Å²) in [7, 11) is 3.45. The Morgan fingerprint density at radius 3 is 2.38 bits per heavy atom. The normalized spacial score (nSPS) is 12.0. The van der Waals surface area contributed by atoms with Crippen LogP contribution < -0.4 is 5.32 Å². The van der Waals surface area contributed by atoms with Crippen LogP contribution in [0.2, 0.25) is 5.02 Å². The molecule has 4 heteroatoms. The van der Waals surface area contributed by atoms with Crippen molar-refractivity contribution >= 4 is 17.6 Å². The van der Waals surface area contributed by atoms with E-state index in [0.717, 1.165) is 12.0 Å². The van der Waals surface area contributed by atoms with E-state index in [4.69, 9.17) is 11.6 Å². The van der Waals surface area contributed by atoms with Crippen LogP contribution in [-0.2, 0) is 0 Å². The molecule has 16 heavy (non-hydrogen) atoms. The van der Waals surface area contributed by atoms with E-state index in [2.05, 4.69) is 5.32 Å². The van der Waals surface area contributed by atoms with Gasteiger partial charge >= 0.3 is 6.03 Å². The quantitative estimate of drug-likeness (QED) is 0.865.